The zero-order chi connectivity index (χ0) is 13.9. The van der Waals surface area contributed by atoms with Gasteiger partial charge in [0.15, 0.2) is 0 Å². The predicted octanol–water partition coefficient (Wildman–Crippen LogP) is 1.87. The molecule has 0 spiro atoms. The summed E-state index contributed by atoms with van der Waals surface area (Å²) in [4.78, 5) is 0. The highest BCUT2D eigenvalue weighted by atomic mass is 32.2. The van der Waals surface area contributed by atoms with Crippen LogP contribution >= 0.6 is 0 Å². The molecule has 0 bridgehead atoms. The monoisotopic (exact) mass is 283 g/mol. The second-order valence-corrected chi connectivity index (χ2v) is 6.86. The Labute approximate surface area is 115 Å². The van der Waals surface area contributed by atoms with Gasteiger partial charge in [-0.15, -0.1) is 0 Å². The Morgan fingerprint density at radius 3 is 2.74 bits per heavy atom. The van der Waals surface area contributed by atoms with Gasteiger partial charge in [0.05, 0.1) is 12.4 Å². The molecule has 0 radical (unpaired) electrons. The van der Waals surface area contributed by atoms with E-state index in [1.807, 2.05) is 13.0 Å². The van der Waals surface area contributed by atoms with Crippen LogP contribution in [0.4, 0.5) is 0 Å². The summed E-state index contributed by atoms with van der Waals surface area (Å²) in [5, 5.41) is 5.07. The lowest BCUT2D eigenvalue weighted by Crippen LogP contribution is -2.26. The Hall–Kier alpha value is -1.07. The highest BCUT2D eigenvalue weighted by molar-refractivity contribution is 7.89. The van der Waals surface area contributed by atoms with Crippen LogP contribution in [0.5, 0.6) is 5.75 Å². The fourth-order valence-corrected chi connectivity index (χ4v) is 3.45. The molecular formula is C14H21NO3S. The first kappa shape index (κ1) is 14.3. The maximum Gasteiger partial charge on any atom is 0.209 e. The SMILES string of the molecule is CCC(COc1ccc2c(c1)CCC2)CS(N)(=O)=O. The molecule has 1 aromatic carbocycles. The summed E-state index contributed by atoms with van der Waals surface area (Å²) >= 11 is 0. The maximum atomic E-state index is 11.1. The number of hydrogen-bond donors (Lipinski definition) is 1. The average Bonchev–Trinajstić information content (AvgIpc) is 2.80. The van der Waals surface area contributed by atoms with Crippen molar-refractivity contribution in [2.24, 2.45) is 11.1 Å². The Kier molecular flexibility index (Phi) is 4.47. The number of ether oxygens (including phenoxy) is 1. The predicted molar refractivity (Wildman–Crippen MR) is 75.7 cm³/mol. The molecule has 0 heterocycles. The van der Waals surface area contributed by atoms with E-state index in [4.69, 9.17) is 9.88 Å². The van der Waals surface area contributed by atoms with Crippen LogP contribution in [0.2, 0.25) is 0 Å². The number of primary sulfonamides is 1. The third-order valence-corrected chi connectivity index (χ3v) is 4.54. The van der Waals surface area contributed by atoms with Crippen molar-refractivity contribution in [3.63, 3.8) is 0 Å². The molecule has 0 saturated carbocycles. The molecule has 2 rings (SSSR count). The van der Waals surface area contributed by atoms with Gasteiger partial charge < -0.3 is 4.74 Å². The van der Waals surface area contributed by atoms with Gasteiger partial charge in [-0.2, -0.15) is 0 Å². The van der Waals surface area contributed by atoms with Gasteiger partial charge >= 0.3 is 0 Å². The van der Waals surface area contributed by atoms with Crippen molar-refractivity contribution in [2.75, 3.05) is 12.4 Å². The minimum absolute atomic E-state index is 0.0194. The largest absolute Gasteiger partial charge is 0.493 e. The van der Waals surface area contributed by atoms with E-state index < -0.39 is 10.0 Å². The van der Waals surface area contributed by atoms with Crippen LogP contribution in [0.15, 0.2) is 18.2 Å². The molecule has 0 aromatic heterocycles. The lowest BCUT2D eigenvalue weighted by Gasteiger charge is -2.15. The van der Waals surface area contributed by atoms with E-state index in [1.165, 1.54) is 17.5 Å². The first-order valence-electron chi connectivity index (χ1n) is 6.73. The maximum absolute atomic E-state index is 11.1. The average molecular weight is 283 g/mol. The Balaban J connectivity index is 1.94. The quantitative estimate of drug-likeness (QED) is 0.866. The number of fused-ring (bicyclic) bond motifs is 1. The van der Waals surface area contributed by atoms with Crippen molar-refractivity contribution in [1.82, 2.24) is 0 Å². The van der Waals surface area contributed by atoms with Gasteiger partial charge in [0.25, 0.3) is 0 Å². The van der Waals surface area contributed by atoms with Crippen molar-refractivity contribution in [3.05, 3.63) is 29.3 Å². The molecule has 1 aliphatic carbocycles. The molecule has 5 heteroatoms. The van der Waals surface area contributed by atoms with Crippen LogP contribution < -0.4 is 9.88 Å². The van der Waals surface area contributed by atoms with Crippen molar-refractivity contribution in [3.8, 4) is 5.75 Å². The van der Waals surface area contributed by atoms with Gasteiger partial charge in [-0.25, -0.2) is 13.6 Å². The first-order chi connectivity index (χ1) is 8.98. The lowest BCUT2D eigenvalue weighted by atomic mass is 10.1. The zero-order valence-electron chi connectivity index (χ0n) is 11.3. The molecule has 0 fully saturated rings. The summed E-state index contributed by atoms with van der Waals surface area (Å²) < 4.78 is 27.9. The molecular weight excluding hydrogens is 262 g/mol. The molecule has 0 aliphatic heterocycles. The minimum atomic E-state index is -3.43. The van der Waals surface area contributed by atoms with Gasteiger partial charge in [-0.1, -0.05) is 13.0 Å². The van der Waals surface area contributed by atoms with Gasteiger partial charge in [0.1, 0.15) is 5.75 Å². The van der Waals surface area contributed by atoms with Crippen LogP contribution in [0.25, 0.3) is 0 Å². The smallest absolute Gasteiger partial charge is 0.209 e. The van der Waals surface area contributed by atoms with Gasteiger partial charge in [0, 0.05) is 5.92 Å². The molecule has 0 saturated heterocycles. The number of aryl methyl sites for hydroxylation is 2. The van der Waals surface area contributed by atoms with Crippen LogP contribution in [-0.2, 0) is 22.9 Å². The van der Waals surface area contributed by atoms with E-state index in [9.17, 15) is 8.42 Å². The molecule has 1 atom stereocenters. The molecule has 4 nitrogen and oxygen atoms in total. The summed E-state index contributed by atoms with van der Waals surface area (Å²) in [6, 6.07) is 6.15. The van der Waals surface area contributed by atoms with Crippen LogP contribution in [0.1, 0.15) is 30.9 Å². The first-order valence-corrected chi connectivity index (χ1v) is 8.44. The van der Waals surface area contributed by atoms with Crippen LogP contribution in [0.3, 0.4) is 0 Å². The van der Waals surface area contributed by atoms with Crippen LogP contribution in [0, 0.1) is 5.92 Å². The molecule has 1 aliphatic rings. The second-order valence-electron chi connectivity index (χ2n) is 5.20. The van der Waals surface area contributed by atoms with Crippen LogP contribution in [-0.4, -0.2) is 20.8 Å². The van der Waals surface area contributed by atoms with Crippen molar-refractivity contribution < 1.29 is 13.2 Å². The number of nitrogens with two attached hydrogens (primary N) is 1. The number of rotatable bonds is 6. The molecule has 106 valence electrons. The lowest BCUT2D eigenvalue weighted by molar-refractivity contribution is 0.257. The van der Waals surface area contributed by atoms with E-state index in [0.717, 1.165) is 25.0 Å². The fraction of sp³-hybridized carbons (Fsp3) is 0.571. The minimum Gasteiger partial charge on any atom is -0.493 e. The Morgan fingerprint density at radius 2 is 2.05 bits per heavy atom. The summed E-state index contributed by atoms with van der Waals surface area (Å²) in [6.07, 6.45) is 4.21. The fourth-order valence-electron chi connectivity index (χ4n) is 2.46. The van der Waals surface area contributed by atoms with Gasteiger partial charge in [-0.05, 0) is 48.9 Å². The molecule has 19 heavy (non-hydrogen) atoms. The highest BCUT2D eigenvalue weighted by Crippen LogP contribution is 2.26. The Bertz CT molecular complexity index is 540. The Morgan fingerprint density at radius 1 is 1.32 bits per heavy atom. The molecule has 1 unspecified atom stereocenters. The van der Waals surface area contributed by atoms with Crippen molar-refractivity contribution >= 4 is 10.0 Å². The summed E-state index contributed by atoms with van der Waals surface area (Å²) in [5.41, 5.74) is 2.76. The van der Waals surface area contributed by atoms with E-state index in [0.29, 0.717) is 6.61 Å². The van der Waals surface area contributed by atoms with E-state index >= 15 is 0 Å². The zero-order valence-corrected chi connectivity index (χ0v) is 12.1. The molecule has 0 amide bonds. The summed E-state index contributed by atoms with van der Waals surface area (Å²) in [7, 11) is -3.43. The van der Waals surface area contributed by atoms with E-state index in [2.05, 4.69) is 12.1 Å². The van der Waals surface area contributed by atoms with Gasteiger partial charge in [0.2, 0.25) is 10.0 Å². The second kappa shape index (κ2) is 5.92. The van der Waals surface area contributed by atoms with Gasteiger partial charge in [-0.3, -0.25) is 0 Å². The summed E-state index contributed by atoms with van der Waals surface area (Å²) in [6.45, 7) is 2.34. The number of benzene rings is 1. The van der Waals surface area contributed by atoms with E-state index in [-0.39, 0.29) is 11.7 Å². The molecule has 2 N–H and O–H groups in total. The highest BCUT2D eigenvalue weighted by Gasteiger charge is 2.16. The number of hydrogen-bond acceptors (Lipinski definition) is 3. The topological polar surface area (TPSA) is 69.4 Å². The third-order valence-electron chi connectivity index (χ3n) is 3.60. The third kappa shape index (κ3) is 4.21. The summed E-state index contributed by atoms with van der Waals surface area (Å²) in [5.74, 6) is 0.755. The van der Waals surface area contributed by atoms with E-state index in [1.54, 1.807) is 0 Å². The molecule has 1 aromatic rings. The number of sulfonamides is 1. The standard InChI is InChI=1S/C14H21NO3S/c1-2-11(10-19(15,16)17)9-18-14-7-6-12-4-3-5-13(12)8-14/h6-8,11H,2-5,9-10H2,1H3,(H2,15,16,17). The van der Waals surface area contributed by atoms with Crippen molar-refractivity contribution in [2.45, 2.75) is 32.6 Å². The normalized spacial score (nSPS) is 16.1. The van der Waals surface area contributed by atoms with Crippen molar-refractivity contribution in [1.29, 1.82) is 0 Å².